The van der Waals surface area contributed by atoms with E-state index in [4.69, 9.17) is 4.74 Å². The van der Waals surface area contributed by atoms with E-state index in [9.17, 15) is 19.6 Å². The van der Waals surface area contributed by atoms with Crippen molar-refractivity contribution in [2.75, 3.05) is 6.61 Å². The monoisotopic (exact) mass is 295 g/mol. The van der Waals surface area contributed by atoms with Crippen LogP contribution in [0.4, 0.5) is 10.1 Å². The second-order valence-electron chi connectivity index (χ2n) is 4.58. The van der Waals surface area contributed by atoms with Crippen LogP contribution in [-0.4, -0.2) is 32.5 Å². The minimum Gasteiger partial charge on any atom is -0.488 e. The summed E-state index contributed by atoms with van der Waals surface area (Å²) in [5, 5.41) is 24.0. The number of halogens is 1. The van der Waals surface area contributed by atoms with Crippen molar-refractivity contribution in [2.45, 2.75) is 19.6 Å². The van der Waals surface area contributed by atoms with Crippen LogP contribution in [0.5, 0.6) is 5.75 Å². The standard InChI is InChI=1S/C13H14FN3O4/c1-9-2-3-12(14)13(4-9)21-8-11(18)7-16-6-10(5-15-16)17(19)20/h2-6,11,18H,7-8H2,1H3/t11-/m0/s1. The lowest BCUT2D eigenvalue weighted by Gasteiger charge is -2.13. The first-order valence-electron chi connectivity index (χ1n) is 6.19. The first kappa shape index (κ1) is 14.9. The number of ether oxygens (including phenoxy) is 1. The lowest BCUT2D eigenvalue weighted by Crippen LogP contribution is -2.24. The van der Waals surface area contributed by atoms with Crippen LogP contribution in [-0.2, 0) is 6.54 Å². The Morgan fingerprint density at radius 2 is 2.33 bits per heavy atom. The summed E-state index contributed by atoms with van der Waals surface area (Å²) in [6.45, 7) is 1.67. The van der Waals surface area contributed by atoms with E-state index < -0.39 is 16.8 Å². The highest BCUT2D eigenvalue weighted by Gasteiger charge is 2.13. The number of nitrogens with zero attached hydrogens (tertiary/aromatic N) is 3. The van der Waals surface area contributed by atoms with Gasteiger partial charge in [-0.2, -0.15) is 5.10 Å². The second-order valence-corrected chi connectivity index (χ2v) is 4.58. The lowest BCUT2D eigenvalue weighted by molar-refractivity contribution is -0.385. The third-order valence-corrected chi connectivity index (χ3v) is 2.75. The van der Waals surface area contributed by atoms with Crippen molar-refractivity contribution in [1.29, 1.82) is 0 Å². The maximum atomic E-state index is 13.4. The van der Waals surface area contributed by atoms with E-state index in [1.807, 2.05) is 0 Å². The first-order chi connectivity index (χ1) is 9.95. The Hall–Kier alpha value is -2.48. The van der Waals surface area contributed by atoms with Gasteiger partial charge in [0.25, 0.3) is 0 Å². The lowest BCUT2D eigenvalue weighted by atomic mass is 10.2. The fraction of sp³-hybridized carbons (Fsp3) is 0.308. The zero-order chi connectivity index (χ0) is 15.4. The summed E-state index contributed by atoms with van der Waals surface area (Å²) >= 11 is 0. The van der Waals surface area contributed by atoms with Crippen molar-refractivity contribution in [3.63, 3.8) is 0 Å². The average molecular weight is 295 g/mol. The Labute approximate surface area is 119 Å². The normalized spacial score (nSPS) is 12.1. The van der Waals surface area contributed by atoms with Crippen molar-refractivity contribution >= 4 is 5.69 Å². The van der Waals surface area contributed by atoms with Gasteiger partial charge in [0.1, 0.15) is 25.1 Å². The van der Waals surface area contributed by atoms with Crippen molar-refractivity contribution < 1.29 is 19.2 Å². The van der Waals surface area contributed by atoms with Crippen LogP contribution in [0.2, 0.25) is 0 Å². The quantitative estimate of drug-likeness (QED) is 0.646. The SMILES string of the molecule is Cc1ccc(F)c(OC[C@@H](O)Cn2cc([N+](=O)[O-])cn2)c1. The molecular formula is C13H14FN3O4. The molecule has 2 aromatic rings. The molecule has 1 aromatic carbocycles. The van der Waals surface area contributed by atoms with E-state index in [-0.39, 0.29) is 24.6 Å². The van der Waals surface area contributed by atoms with Gasteiger partial charge in [0.05, 0.1) is 11.5 Å². The summed E-state index contributed by atoms with van der Waals surface area (Å²) in [5.41, 5.74) is 0.677. The third kappa shape index (κ3) is 3.99. The van der Waals surface area contributed by atoms with Crippen LogP contribution in [0.25, 0.3) is 0 Å². The topological polar surface area (TPSA) is 90.4 Å². The van der Waals surface area contributed by atoms with Gasteiger partial charge in [0, 0.05) is 0 Å². The fourth-order valence-corrected chi connectivity index (χ4v) is 1.72. The number of aryl methyl sites for hydroxylation is 1. The highest BCUT2D eigenvalue weighted by atomic mass is 19.1. The number of aliphatic hydroxyl groups is 1. The fourth-order valence-electron chi connectivity index (χ4n) is 1.72. The maximum absolute atomic E-state index is 13.4. The molecule has 112 valence electrons. The number of aliphatic hydroxyl groups excluding tert-OH is 1. The van der Waals surface area contributed by atoms with Gasteiger partial charge in [-0.1, -0.05) is 6.07 Å². The van der Waals surface area contributed by atoms with Crippen LogP contribution in [0.3, 0.4) is 0 Å². The number of hydrogen-bond acceptors (Lipinski definition) is 5. The molecule has 21 heavy (non-hydrogen) atoms. The van der Waals surface area contributed by atoms with E-state index in [0.29, 0.717) is 0 Å². The summed E-state index contributed by atoms with van der Waals surface area (Å²) in [6.07, 6.45) is 1.33. The number of hydrogen-bond donors (Lipinski definition) is 1. The number of rotatable bonds is 6. The van der Waals surface area contributed by atoms with E-state index in [1.54, 1.807) is 13.0 Å². The van der Waals surface area contributed by atoms with Gasteiger partial charge < -0.3 is 9.84 Å². The predicted octanol–water partition coefficient (Wildman–Crippen LogP) is 1.68. The summed E-state index contributed by atoms with van der Waals surface area (Å²) in [7, 11) is 0. The molecule has 1 N–H and O–H groups in total. The molecule has 1 atom stereocenters. The van der Waals surface area contributed by atoms with Gasteiger partial charge in [0.2, 0.25) is 0 Å². The van der Waals surface area contributed by atoms with Crippen molar-refractivity contribution in [3.05, 3.63) is 52.1 Å². The molecule has 0 aliphatic rings. The average Bonchev–Trinajstić information content (AvgIpc) is 2.88. The molecule has 1 aromatic heterocycles. The van der Waals surface area contributed by atoms with Crippen LogP contribution in [0.1, 0.15) is 5.56 Å². The van der Waals surface area contributed by atoms with Crippen molar-refractivity contribution in [2.24, 2.45) is 0 Å². The smallest absolute Gasteiger partial charge is 0.306 e. The zero-order valence-electron chi connectivity index (χ0n) is 11.3. The van der Waals surface area contributed by atoms with Crippen LogP contribution in [0, 0.1) is 22.9 Å². The summed E-state index contributed by atoms with van der Waals surface area (Å²) in [6, 6.07) is 4.43. The molecule has 0 bridgehead atoms. The minimum atomic E-state index is -0.968. The Morgan fingerprint density at radius 1 is 1.57 bits per heavy atom. The van der Waals surface area contributed by atoms with Gasteiger partial charge in [0.15, 0.2) is 11.6 Å². The van der Waals surface area contributed by atoms with Gasteiger partial charge in [-0.25, -0.2) is 4.39 Å². The van der Waals surface area contributed by atoms with Gasteiger partial charge >= 0.3 is 5.69 Å². The zero-order valence-corrected chi connectivity index (χ0v) is 11.3. The number of aromatic nitrogens is 2. The third-order valence-electron chi connectivity index (χ3n) is 2.75. The van der Waals surface area contributed by atoms with E-state index in [2.05, 4.69) is 5.10 Å². The minimum absolute atomic E-state index is 0.0152. The molecule has 0 saturated carbocycles. The molecule has 2 rings (SSSR count). The predicted molar refractivity (Wildman–Crippen MR) is 71.5 cm³/mol. The Kier molecular flexibility index (Phi) is 4.49. The van der Waals surface area contributed by atoms with Crippen molar-refractivity contribution in [3.8, 4) is 5.75 Å². The molecule has 0 fully saturated rings. The van der Waals surface area contributed by atoms with Crippen molar-refractivity contribution in [1.82, 2.24) is 9.78 Å². The van der Waals surface area contributed by atoms with E-state index in [0.717, 1.165) is 11.8 Å². The molecule has 0 aliphatic heterocycles. The maximum Gasteiger partial charge on any atom is 0.306 e. The van der Waals surface area contributed by atoms with Crippen LogP contribution in [0.15, 0.2) is 30.6 Å². The second kappa shape index (κ2) is 6.31. The summed E-state index contributed by atoms with van der Waals surface area (Å²) in [5.74, 6) is -0.456. The van der Waals surface area contributed by atoms with Crippen LogP contribution >= 0.6 is 0 Å². The molecule has 7 nitrogen and oxygen atoms in total. The molecule has 0 spiro atoms. The number of nitro groups is 1. The molecule has 0 saturated heterocycles. The Morgan fingerprint density at radius 3 is 3.00 bits per heavy atom. The molecule has 0 radical (unpaired) electrons. The van der Waals surface area contributed by atoms with Crippen LogP contribution < -0.4 is 4.74 Å². The summed E-state index contributed by atoms with van der Waals surface area (Å²) < 4.78 is 19.9. The Balaban J connectivity index is 1.90. The molecule has 8 heteroatoms. The molecule has 0 unspecified atom stereocenters. The van der Waals surface area contributed by atoms with Gasteiger partial charge in [-0.3, -0.25) is 14.8 Å². The first-order valence-corrected chi connectivity index (χ1v) is 6.19. The molecule has 1 heterocycles. The van der Waals surface area contributed by atoms with Gasteiger partial charge in [-0.05, 0) is 24.6 Å². The summed E-state index contributed by atoms with van der Waals surface area (Å²) in [4.78, 5) is 9.93. The largest absolute Gasteiger partial charge is 0.488 e. The highest BCUT2D eigenvalue weighted by molar-refractivity contribution is 5.29. The highest BCUT2D eigenvalue weighted by Crippen LogP contribution is 2.18. The Bertz CT molecular complexity index is 644. The van der Waals surface area contributed by atoms with E-state index >= 15 is 0 Å². The molecule has 0 amide bonds. The van der Waals surface area contributed by atoms with E-state index in [1.165, 1.54) is 23.0 Å². The number of benzene rings is 1. The molecular weight excluding hydrogens is 281 g/mol. The van der Waals surface area contributed by atoms with Gasteiger partial charge in [-0.15, -0.1) is 0 Å². The molecule has 0 aliphatic carbocycles.